The first-order valence-electron chi connectivity index (χ1n) is 19.4. The Bertz CT molecular complexity index is 3310. The van der Waals surface area contributed by atoms with Crippen LogP contribution < -0.4 is 4.90 Å². The van der Waals surface area contributed by atoms with Crippen molar-refractivity contribution in [2.45, 2.75) is 25.8 Å². The number of para-hydroxylation sites is 4. The Kier molecular flexibility index (Phi) is 7.17. The summed E-state index contributed by atoms with van der Waals surface area (Å²) < 4.78 is 4.65. The van der Waals surface area contributed by atoms with Crippen LogP contribution in [0.4, 0.5) is 11.4 Å². The Morgan fingerprint density at radius 1 is 0.526 bits per heavy atom. The highest BCUT2D eigenvalue weighted by Crippen LogP contribution is 2.51. The number of aromatic nitrogens is 2. The molecule has 0 fully saturated rings. The average Bonchev–Trinajstić information content (AvgIpc) is 3.90. The molecule has 5 nitrogen and oxygen atoms in total. The first kappa shape index (κ1) is 32.8. The molecule has 11 rings (SSSR count). The van der Waals surface area contributed by atoms with Gasteiger partial charge in [0.05, 0.1) is 56.7 Å². The number of fused-ring (bicyclic) bond motifs is 9. The van der Waals surface area contributed by atoms with Crippen molar-refractivity contribution in [2.24, 2.45) is 0 Å². The van der Waals surface area contributed by atoms with Gasteiger partial charge in [-0.15, -0.1) is 0 Å². The lowest BCUT2D eigenvalue weighted by atomic mass is 9.91. The summed E-state index contributed by atoms with van der Waals surface area (Å²) in [5.74, 6) is 0.145. The monoisotopic (exact) mass is 729 g/mol. The molecule has 0 spiro atoms. The van der Waals surface area contributed by atoms with E-state index in [9.17, 15) is 10.5 Å². The Labute approximate surface area is 330 Å². The second kappa shape index (κ2) is 12.5. The second-order valence-electron chi connectivity index (χ2n) is 15.1. The third kappa shape index (κ3) is 4.61. The molecule has 0 saturated heterocycles. The minimum Gasteiger partial charge on any atom is -0.330 e. The second-order valence-corrected chi connectivity index (χ2v) is 15.1. The molecule has 7 aromatic carbocycles. The number of hydrogen-bond donors (Lipinski definition) is 0. The number of benzene rings is 7. The fourth-order valence-corrected chi connectivity index (χ4v) is 9.91. The predicted octanol–water partition coefficient (Wildman–Crippen LogP) is 12.6. The van der Waals surface area contributed by atoms with Gasteiger partial charge in [0.25, 0.3) is 0 Å². The highest BCUT2D eigenvalue weighted by Gasteiger charge is 2.39. The molecule has 5 heteroatoms. The van der Waals surface area contributed by atoms with Crippen molar-refractivity contribution in [1.82, 2.24) is 9.13 Å². The number of rotatable bonds is 4. The zero-order valence-electron chi connectivity index (χ0n) is 31.5. The molecule has 0 amide bonds. The van der Waals surface area contributed by atoms with Crippen LogP contribution in [0.5, 0.6) is 0 Å². The average molecular weight is 730 g/mol. The number of allylic oxidation sites excluding steroid dienone is 2. The molecule has 2 aliphatic rings. The zero-order valence-corrected chi connectivity index (χ0v) is 31.5. The van der Waals surface area contributed by atoms with Gasteiger partial charge in [0, 0.05) is 38.8 Å². The standard InChI is InChI=1S/C52H35N5/c1-32-37(24-26-47-50(32)41-18-8-12-22-45(41)55(47)36-14-4-3-5-15-36)38-25-27-48-51(33(38)2)42-19-9-13-23-46(42)56(48)49-29-34(30-53)28-35(31-54)52(49)57-43-20-10-6-16-39(43)40-17-7-11-21-44(40)57/h3-29,39,43H,1-2H3. The predicted molar refractivity (Wildman–Crippen MR) is 233 cm³/mol. The van der Waals surface area contributed by atoms with Crippen LogP contribution in [0, 0.1) is 36.5 Å². The van der Waals surface area contributed by atoms with Crippen LogP contribution in [0.25, 0.3) is 66.1 Å². The summed E-state index contributed by atoms with van der Waals surface area (Å²) in [6.45, 7) is 4.49. The van der Waals surface area contributed by atoms with Crippen LogP contribution in [0.1, 0.15) is 33.7 Å². The topological polar surface area (TPSA) is 60.7 Å². The molecule has 57 heavy (non-hydrogen) atoms. The van der Waals surface area contributed by atoms with Gasteiger partial charge in [0.1, 0.15) is 6.07 Å². The first-order valence-corrected chi connectivity index (χ1v) is 19.4. The van der Waals surface area contributed by atoms with Crippen molar-refractivity contribution < 1.29 is 0 Å². The largest absolute Gasteiger partial charge is 0.330 e. The highest BCUT2D eigenvalue weighted by molar-refractivity contribution is 6.15. The minimum absolute atomic E-state index is 0.0154. The molecular formula is C52H35N5. The lowest BCUT2D eigenvalue weighted by Gasteiger charge is -2.31. The fourth-order valence-electron chi connectivity index (χ4n) is 9.91. The maximum absolute atomic E-state index is 10.8. The van der Waals surface area contributed by atoms with E-state index in [1.54, 1.807) is 6.07 Å². The van der Waals surface area contributed by atoms with Gasteiger partial charge in [-0.1, -0.05) is 109 Å². The molecule has 3 heterocycles. The van der Waals surface area contributed by atoms with Gasteiger partial charge in [0.2, 0.25) is 0 Å². The van der Waals surface area contributed by atoms with Crippen molar-refractivity contribution in [3.05, 3.63) is 192 Å². The molecule has 268 valence electrons. The summed E-state index contributed by atoms with van der Waals surface area (Å²) in [5.41, 5.74) is 15.2. The van der Waals surface area contributed by atoms with Crippen molar-refractivity contribution in [1.29, 1.82) is 10.5 Å². The van der Waals surface area contributed by atoms with Crippen LogP contribution in [0.15, 0.2) is 164 Å². The molecule has 0 N–H and O–H groups in total. The summed E-state index contributed by atoms with van der Waals surface area (Å²) in [4.78, 5) is 2.32. The zero-order chi connectivity index (χ0) is 38.4. The quantitative estimate of drug-likeness (QED) is 0.181. The molecule has 1 aliphatic carbocycles. The maximum atomic E-state index is 10.8. The Balaban J connectivity index is 1.17. The summed E-state index contributed by atoms with van der Waals surface area (Å²) in [5, 5.41) is 25.9. The van der Waals surface area contributed by atoms with E-state index in [1.165, 1.54) is 49.6 Å². The molecule has 9 aromatic rings. The lowest BCUT2D eigenvalue weighted by molar-refractivity contribution is 0.743. The van der Waals surface area contributed by atoms with E-state index in [1.807, 2.05) is 6.07 Å². The van der Waals surface area contributed by atoms with Crippen LogP contribution in [-0.2, 0) is 0 Å². The lowest BCUT2D eigenvalue weighted by Crippen LogP contribution is -2.30. The van der Waals surface area contributed by atoms with Crippen molar-refractivity contribution in [2.75, 3.05) is 4.90 Å². The van der Waals surface area contributed by atoms with E-state index in [0.29, 0.717) is 11.1 Å². The van der Waals surface area contributed by atoms with E-state index in [-0.39, 0.29) is 12.0 Å². The van der Waals surface area contributed by atoms with Gasteiger partial charge in [-0.25, -0.2) is 0 Å². The molecule has 0 saturated carbocycles. The van der Waals surface area contributed by atoms with Crippen LogP contribution >= 0.6 is 0 Å². The van der Waals surface area contributed by atoms with Gasteiger partial charge in [-0.2, -0.15) is 10.5 Å². The molecule has 2 unspecified atom stereocenters. The van der Waals surface area contributed by atoms with Gasteiger partial charge in [0.15, 0.2) is 0 Å². The highest BCUT2D eigenvalue weighted by atomic mass is 15.2. The van der Waals surface area contributed by atoms with E-state index in [4.69, 9.17) is 0 Å². The third-order valence-electron chi connectivity index (χ3n) is 12.3. The molecule has 0 radical (unpaired) electrons. The van der Waals surface area contributed by atoms with Crippen LogP contribution in [-0.4, -0.2) is 15.2 Å². The van der Waals surface area contributed by atoms with Gasteiger partial charge < -0.3 is 14.0 Å². The summed E-state index contributed by atoms with van der Waals surface area (Å²) >= 11 is 0. The number of aryl methyl sites for hydroxylation is 2. The number of nitrogens with zero attached hydrogens (tertiary/aromatic N) is 5. The van der Waals surface area contributed by atoms with Crippen LogP contribution in [0.2, 0.25) is 0 Å². The summed E-state index contributed by atoms with van der Waals surface area (Å²) in [6, 6.07) is 53.9. The molecule has 2 aromatic heterocycles. The maximum Gasteiger partial charge on any atom is 0.101 e. The minimum atomic E-state index is -0.0154. The molecule has 0 bridgehead atoms. The Hall–Kier alpha value is -7.60. The smallest absolute Gasteiger partial charge is 0.101 e. The molecule has 1 aliphatic heterocycles. The normalized spacial score (nSPS) is 15.7. The van der Waals surface area contributed by atoms with E-state index >= 15 is 0 Å². The van der Waals surface area contributed by atoms with Crippen molar-refractivity contribution >= 4 is 55.0 Å². The molecular weight excluding hydrogens is 695 g/mol. The van der Waals surface area contributed by atoms with Crippen LogP contribution in [0.3, 0.4) is 0 Å². The number of nitriles is 2. The number of anilines is 2. The Morgan fingerprint density at radius 2 is 1.12 bits per heavy atom. The van der Waals surface area contributed by atoms with E-state index in [0.717, 1.165) is 44.6 Å². The van der Waals surface area contributed by atoms with Crippen molar-refractivity contribution in [3.63, 3.8) is 0 Å². The first-order chi connectivity index (χ1) is 28.1. The Morgan fingerprint density at radius 3 is 1.81 bits per heavy atom. The van der Waals surface area contributed by atoms with E-state index in [2.05, 4.69) is 192 Å². The van der Waals surface area contributed by atoms with Crippen molar-refractivity contribution in [3.8, 4) is 34.6 Å². The van der Waals surface area contributed by atoms with Gasteiger partial charge >= 0.3 is 0 Å². The third-order valence-corrected chi connectivity index (χ3v) is 12.3. The van der Waals surface area contributed by atoms with E-state index < -0.39 is 0 Å². The number of hydrogen-bond acceptors (Lipinski definition) is 3. The molecule has 2 atom stereocenters. The fraction of sp³-hybridized carbons (Fsp3) is 0.0769. The SMILES string of the molecule is Cc1c(-c2ccc3c(c2C)c2ccccc2n3-c2cc(C#N)cc(C#N)c2N2c3ccccc3C3C=CC=CC32)ccc2c1c1ccccc1n2-c1ccccc1. The summed E-state index contributed by atoms with van der Waals surface area (Å²) in [7, 11) is 0. The van der Waals surface area contributed by atoms with Gasteiger partial charge in [-0.3, -0.25) is 0 Å². The van der Waals surface area contributed by atoms with Gasteiger partial charge in [-0.05, 0) is 96.3 Å². The summed E-state index contributed by atoms with van der Waals surface area (Å²) in [6.07, 6.45) is 8.69.